The number of hydrogen-bond donors (Lipinski definition) is 1. The molecule has 0 spiro atoms. The number of nitrogens with two attached hydrogens (primary N) is 1. The number of aromatic nitrogens is 1. The minimum absolute atomic E-state index is 0.0924. The Hall–Kier alpha value is -3.08. The van der Waals surface area contributed by atoms with E-state index in [0.717, 1.165) is 0 Å². The smallest absolute Gasteiger partial charge is 0.250 e. The summed E-state index contributed by atoms with van der Waals surface area (Å²) in [5.74, 6) is -0.626. The van der Waals surface area contributed by atoms with Crippen molar-refractivity contribution < 1.29 is 14.4 Å². The molecular formula is C16H12N2O3. The summed E-state index contributed by atoms with van der Waals surface area (Å²) < 4.78 is 0. The maximum atomic E-state index is 11.2. The molecule has 3 rings (SSSR count). The number of benzene rings is 1. The van der Waals surface area contributed by atoms with Crippen LogP contribution in [0.2, 0.25) is 0 Å². The lowest BCUT2D eigenvalue weighted by atomic mass is 9.95. The van der Waals surface area contributed by atoms with Crippen molar-refractivity contribution in [2.24, 2.45) is 5.73 Å². The third-order valence-corrected chi connectivity index (χ3v) is 2.79. The summed E-state index contributed by atoms with van der Waals surface area (Å²) in [6.07, 6.45) is 5.64. The van der Waals surface area contributed by atoms with Crippen molar-refractivity contribution in [2.75, 3.05) is 0 Å². The van der Waals surface area contributed by atoms with E-state index >= 15 is 0 Å². The van der Waals surface area contributed by atoms with Gasteiger partial charge in [0.25, 0.3) is 0 Å². The van der Waals surface area contributed by atoms with Gasteiger partial charge in [-0.3, -0.25) is 19.4 Å². The number of nitrogens with zero attached hydrogens (tertiary/aromatic N) is 1. The predicted octanol–water partition coefficient (Wildman–Crippen LogP) is 1.80. The molecule has 0 radical (unpaired) electrons. The second-order valence-corrected chi connectivity index (χ2v) is 4.21. The van der Waals surface area contributed by atoms with Gasteiger partial charge >= 0.3 is 0 Å². The van der Waals surface area contributed by atoms with Crippen LogP contribution in [0.25, 0.3) is 0 Å². The second-order valence-electron chi connectivity index (χ2n) is 4.21. The molecule has 0 atom stereocenters. The molecule has 0 saturated carbocycles. The van der Waals surface area contributed by atoms with E-state index in [1.807, 2.05) is 0 Å². The minimum atomic E-state index is -0.442. The molecule has 5 nitrogen and oxygen atoms in total. The lowest BCUT2D eigenvalue weighted by Gasteiger charge is -2.06. The molecule has 1 heterocycles. The van der Waals surface area contributed by atoms with Crippen LogP contribution in [0.4, 0.5) is 0 Å². The third-order valence-electron chi connectivity index (χ3n) is 2.79. The fourth-order valence-corrected chi connectivity index (χ4v) is 1.75. The number of rotatable bonds is 1. The van der Waals surface area contributed by atoms with Gasteiger partial charge in [0.15, 0.2) is 11.6 Å². The summed E-state index contributed by atoms with van der Waals surface area (Å²) in [5, 5.41) is 0. The fraction of sp³-hybridized carbons (Fsp3) is 0. The van der Waals surface area contributed by atoms with Gasteiger partial charge in [0, 0.05) is 23.5 Å². The lowest BCUT2D eigenvalue weighted by molar-refractivity contribution is 0.0994. The molecule has 1 aliphatic rings. The van der Waals surface area contributed by atoms with E-state index in [0.29, 0.717) is 16.7 Å². The van der Waals surface area contributed by atoms with E-state index in [2.05, 4.69) is 4.98 Å². The standard InChI is InChI=1S/C10H6O2.C6H6N2O/c11-9-5-6-10(12)8-4-2-1-3-7(8)9;7-6(9)5-2-1-3-8-4-5/h1-6H;1-4H,(H2,7,9). The lowest BCUT2D eigenvalue weighted by Crippen LogP contribution is -2.10. The van der Waals surface area contributed by atoms with Gasteiger partial charge in [0.05, 0.1) is 5.56 Å². The first-order valence-corrected chi connectivity index (χ1v) is 6.15. The molecule has 0 saturated heterocycles. The van der Waals surface area contributed by atoms with Gasteiger partial charge in [0.1, 0.15) is 0 Å². The zero-order valence-corrected chi connectivity index (χ0v) is 11.0. The molecular weight excluding hydrogens is 268 g/mol. The van der Waals surface area contributed by atoms with Gasteiger partial charge in [-0.25, -0.2) is 0 Å². The molecule has 0 fully saturated rings. The Balaban J connectivity index is 0.000000161. The molecule has 2 N–H and O–H groups in total. The molecule has 21 heavy (non-hydrogen) atoms. The molecule has 1 aromatic heterocycles. The highest BCUT2D eigenvalue weighted by Crippen LogP contribution is 2.15. The molecule has 0 unspecified atom stereocenters. The SMILES string of the molecule is NC(=O)c1cccnc1.O=C1C=CC(=O)c2ccccc21. The first kappa shape index (κ1) is 14.3. The zero-order valence-electron chi connectivity index (χ0n) is 11.0. The summed E-state index contributed by atoms with van der Waals surface area (Å²) in [4.78, 5) is 36.5. The molecule has 2 aromatic rings. The quantitative estimate of drug-likeness (QED) is 0.862. The van der Waals surface area contributed by atoms with Crippen molar-refractivity contribution in [1.82, 2.24) is 4.98 Å². The summed E-state index contributed by atoms with van der Waals surface area (Å²) >= 11 is 0. The van der Waals surface area contributed by atoms with Crippen molar-refractivity contribution in [1.29, 1.82) is 0 Å². The van der Waals surface area contributed by atoms with Crippen LogP contribution in [0, 0.1) is 0 Å². The van der Waals surface area contributed by atoms with Crippen LogP contribution in [-0.4, -0.2) is 22.5 Å². The van der Waals surface area contributed by atoms with Crippen LogP contribution in [0.5, 0.6) is 0 Å². The van der Waals surface area contributed by atoms with Crippen molar-refractivity contribution in [3.05, 3.63) is 77.6 Å². The van der Waals surface area contributed by atoms with Crippen molar-refractivity contribution in [3.8, 4) is 0 Å². The number of pyridine rings is 1. The fourth-order valence-electron chi connectivity index (χ4n) is 1.75. The largest absolute Gasteiger partial charge is 0.366 e. The van der Waals surface area contributed by atoms with Gasteiger partial charge < -0.3 is 5.73 Å². The van der Waals surface area contributed by atoms with Crippen LogP contribution >= 0.6 is 0 Å². The number of amides is 1. The number of fused-ring (bicyclic) bond motifs is 1. The average molecular weight is 280 g/mol. The van der Waals surface area contributed by atoms with E-state index in [4.69, 9.17) is 5.73 Å². The topological polar surface area (TPSA) is 90.1 Å². The van der Waals surface area contributed by atoms with Crippen molar-refractivity contribution in [3.63, 3.8) is 0 Å². The summed E-state index contributed by atoms with van der Waals surface area (Å²) in [5.41, 5.74) is 6.39. The summed E-state index contributed by atoms with van der Waals surface area (Å²) in [6, 6.07) is 10.1. The van der Waals surface area contributed by atoms with Crippen molar-refractivity contribution >= 4 is 17.5 Å². The molecule has 1 aromatic carbocycles. The van der Waals surface area contributed by atoms with Gasteiger partial charge in [-0.1, -0.05) is 24.3 Å². The molecule has 0 bridgehead atoms. The number of ketones is 2. The minimum Gasteiger partial charge on any atom is -0.366 e. The number of carbonyl (C=O) groups excluding carboxylic acids is 3. The second kappa shape index (κ2) is 6.38. The van der Waals surface area contributed by atoms with E-state index < -0.39 is 5.91 Å². The van der Waals surface area contributed by atoms with Gasteiger partial charge in [-0.15, -0.1) is 0 Å². The average Bonchev–Trinajstić information content (AvgIpc) is 2.53. The maximum Gasteiger partial charge on any atom is 0.250 e. The van der Waals surface area contributed by atoms with E-state index in [-0.39, 0.29) is 11.6 Å². The molecule has 5 heteroatoms. The van der Waals surface area contributed by atoms with Gasteiger partial charge in [-0.05, 0) is 24.3 Å². The van der Waals surface area contributed by atoms with Crippen LogP contribution in [0.1, 0.15) is 31.1 Å². The Morgan fingerprint density at radius 3 is 1.86 bits per heavy atom. The first-order valence-electron chi connectivity index (χ1n) is 6.15. The first-order chi connectivity index (χ1) is 10.1. The van der Waals surface area contributed by atoms with Crippen LogP contribution < -0.4 is 5.73 Å². The molecule has 0 aliphatic heterocycles. The highest BCUT2D eigenvalue weighted by molar-refractivity contribution is 6.21. The van der Waals surface area contributed by atoms with Crippen LogP contribution in [-0.2, 0) is 0 Å². The highest BCUT2D eigenvalue weighted by atomic mass is 16.1. The summed E-state index contributed by atoms with van der Waals surface area (Å²) in [6.45, 7) is 0. The van der Waals surface area contributed by atoms with Gasteiger partial charge in [0.2, 0.25) is 5.91 Å². The number of allylic oxidation sites excluding steroid dienone is 2. The molecule has 104 valence electrons. The van der Waals surface area contributed by atoms with E-state index in [1.54, 1.807) is 42.6 Å². The Bertz CT molecular complexity index is 684. The Morgan fingerprint density at radius 2 is 1.48 bits per heavy atom. The number of primary amides is 1. The Morgan fingerprint density at radius 1 is 0.905 bits per heavy atom. The number of carbonyl (C=O) groups is 3. The van der Waals surface area contributed by atoms with Crippen LogP contribution in [0.15, 0.2) is 60.9 Å². The van der Waals surface area contributed by atoms with E-state index in [9.17, 15) is 14.4 Å². The van der Waals surface area contributed by atoms with E-state index in [1.165, 1.54) is 18.3 Å². The number of hydrogen-bond acceptors (Lipinski definition) is 4. The highest BCUT2D eigenvalue weighted by Gasteiger charge is 2.16. The molecule has 1 amide bonds. The van der Waals surface area contributed by atoms with Gasteiger partial charge in [-0.2, -0.15) is 0 Å². The van der Waals surface area contributed by atoms with Crippen molar-refractivity contribution in [2.45, 2.75) is 0 Å². The zero-order chi connectivity index (χ0) is 15.2. The monoisotopic (exact) mass is 280 g/mol. The predicted molar refractivity (Wildman–Crippen MR) is 77.0 cm³/mol. The van der Waals surface area contributed by atoms with Crippen LogP contribution in [0.3, 0.4) is 0 Å². The molecule has 1 aliphatic carbocycles. The Labute approximate surface area is 121 Å². The summed E-state index contributed by atoms with van der Waals surface area (Å²) in [7, 11) is 0. The maximum absolute atomic E-state index is 11.2. The third kappa shape index (κ3) is 3.48. The Kier molecular flexibility index (Phi) is 4.36. The normalized spacial score (nSPS) is 12.2.